The van der Waals surface area contributed by atoms with Gasteiger partial charge in [0.05, 0.1) is 6.20 Å². The van der Waals surface area contributed by atoms with E-state index in [4.69, 9.17) is 9.47 Å². The summed E-state index contributed by atoms with van der Waals surface area (Å²) in [6, 6.07) is 15.0. The first kappa shape index (κ1) is 22.4. The van der Waals surface area contributed by atoms with Crippen LogP contribution < -0.4 is 4.74 Å². The normalized spacial score (nSPS) is 14.0. The molecular formula is C25H26N4O4. The number of piperazine rings is 1. The Morgan fingerprint density at radius 2 is 1.82 bits per heavy atom. The Hall–Kier alpha value is -3.78. The maximum Gasteiger partial charge on any atom is 0.344 e. The minimum absolute atomic E-state index is 0.104. The highest BCUT2D eigenvalue weighted by molar-refractivity contribution is 5.93. The molecule has 4 rings (SSSR count). The van der Waals surface area contributed by atoms with Crippen LogP contribution in [0.3, 0.4) is 0 Å². The molecule has 1 aliphatic rings. The largest absolute Gasteiger partial charge is 0.452 e. The average Bonchev–Trinajstić information content (AvgIpc) is 2.84. The Kier molecular flexibility index (Phi) is 7.26. The van der Waals surface area contributed by atoms with Crippen molar-refractivity contribution in [3.8, 4) is 11.6 Å². The SMILES string of the molecule is Cc1cccc(CN2CCN(C(=O)COC(=O)c3cccnc3Oc3cccnc3)CC2)c1. The van der Waals surface area contributed by atoms with E-state index in [1.807, 2.05) is 0 Å². The summed E-state index contributed by atoms with van der Waals surface area (Å²) in [6.07, 6.45) is 4.66. The van der Waals surface area contributed by atoms with Crippen LogP contribution in [0.25, 0.3) is 0 Å². The van der Waals surface area contributed by atoms with Gasteiger partial charge in [0.15, 0.2) is 6.61 Å². The van der Waals surface area contributed by atoms with Gasteiger partial charge >= 0.3 is 5.97 Å². The number of rotatable bonds is 7. The zero-order chi connectivity index (χ0) is 23.0. The van der Waals surface area contributed by atoms with E-state index in [-0.39, 0.29) is 24.0 Å². The standard InChI is InChI=1S/C25H26N4O4/c1-19-5-2-6-20(15-19)17-28-11-13-29(14-12-28)23(30)18-32-25(31)22-8-4-10-27-24(22)33-21-7-3-9-26-16-21/h2-10,15-16H,11-14,17-18H2,1H3. The van der Waals surface area contributed by atoms with Crippen molar-refractivity contribution in [1.82, 2.24) is 19.8 Å². The lowest BCUT2D eigenvalue weighted by atomic mass is 10.1. The summed E-state index contributed by atoms with van der Waals surface area (Å²) >= 11 is 0. The van der Waals surface area contributed by atoms with Crippen LogP contribution in [0, 0.1) is 6.92 Å². The maximum absolute atomic E-state index is 12.6. The zero-order valence-corrected chi connectivity index (χ0v) is 18.5. The number of ether oxygens (including phenoxy) is 2. The van der Waals surface area contributed by atoms with E-state index in [0.29, 0.717) is 18.8 Å². The van der Waals surface area contributed by atoms with E-state index in [2.05, 4.69) is 46.1 Å². The number of aromatic nitrogens is 2. The highest BCUT2D eigenvalue weighted by atomic mass is 16.5. The Bertz CT molecular complexity index is 1100. The average molecular weight is 447 g/mol. The van der Waals surface area contributed by atoms with Crippen molar-refractivity contribution in [2.45, 2.75) is 13.5 Å². The summed E-state index contributed by atoms with van der Waals surface area (Å²) in [7, 11) is 0. The number of pyridine rings is 2. The summed E-state index contributed by atoms with van der Waals surface area (Å²) < 4.78 is 10.9. The molecule has 3 aromatic rings. The molecule has 0 N–H and O–H groups in total. The lowest BCUT2D eigenvalue weighted by Gasteiger charge is -2.34. The first-order chi connectivity index (χ1) is 16.1. The van der Waals surface area contributed by atoms with E-state index in [1.165, 1.54) is 23.5 Å². The molecule has 33 heavy (non-hydrogen) atoms. The van der Waals surface area contributed by atoms with Crippen LogP contribution in [-0.2, 0) is 16.1 Å². The third-order valence-electron chi connectivity index (χ3n) is 5.38. The Balaban J connectivity index is 1.27. The molecule has 0 spiro atoms. The van der Waals surface area contributed by atoms with E-state index in [0.717, 1.165) is 19.6 Å². The van der Waals surface area contributed by atoms with Gasteiger partial charge < -0.3 is 14.4 Å². The lowest BCUT2D eigenvalue weighted by molar-refractivity contribution is -0.136. The predicted octanol–water partition coefficient (Wildman–Crippen LogP) is 3.08. The number of benzene rings is 1. The summed E-state index contributed by atoms with van der Waals surface area (Å²) in [4.78, 5) is 37.3. The van der Waals surface area contributed by atoms with Crippen LogP contribution in [0.5, 0.6) is 11.6 Å². The molecule has 0 bridgehead atoms. The van der Waals surface area contributed by atoms with Gasteiger partial charge in [0, 0.05) is 45.1 Å². The van der Waals surface area contributed by atoms with Crippen molar-refractivity contribution in [2.75, 3.05) is 32.8 Å². The van der Waals surface area contributed by atoms with E-state index in [1.54, 1.807) is 35.4 Å². The monoisotopic (exact) mass is 446 g/mol. The number of hydrogen-bond donors (Lipinski definition) is 0. The highest BCUT2D eigenvalue weighted by Gasteiger charge is 2.23. The second kappa shape index (κ2) is 10.7. The first-order valence-electron chi connectivity index (χ1n) is 10.8. The number of nitrogens with zero attached hydrogens (tertiary/aromatic N) is 4. The molecule has 1 fully saturated rings. The van der Waals surface area contributed by atoms with Gasteiger partial charge in [0.2, 0.25) is 5.88 Å². The number of carbonyl (C=O) groups excluding carboxylic acids is 2. The topological polar surface area (TPSA) is 84.9 Å². The molecule has 0 radical (unpaired) electrons. The second-order valence-corrected chi connectivity index (χ2v) is 7.87. The van der Waals surface area contributed by atoms with Gasteiger partial charge in [-0.05, 0) is 36.8 Å². The van der Waals surface area contributed by atoms with Crippen LogP contribution in [0.15, 0.2) is 67.1 Å². The second-order valence-electron chi connectivity index (χ2n) is 7.87. The van der Waals surface area contributed by atoms with E-state index >= 15 is 0 Å². The quantitative estimate of drug-likeness (QED) is 0.516. The fourth-order valence-electron chi connectivity index (χ4n) is 3.67. The molecule has 3 heterocycles. The number of carbonyl (C=O) groups is 2. The molecule has 0 saturated carbocycles. The summed E-state index contributed by atoms with van der Waals surface area (Å²) in [6.45, 7) is 5.38. The van der Waals surface area contributed by atoms with Crippen LogP contribution >= 0.6 is 0 Å². The highest BCUT2D eigenvalue weighted by Crippen LogP contribution is 2.22. The minimum atomic E-state index is -0.659. The lowest BCUT2D eigenvalue weighted by Crippen LogP contribution is -2.49. The smallest absolute Gasteiger partial charge is 0.344 e. The Morgan fingerprint density at radius 1 is 1.00 bits per heavy atom. The van der Waals surface area contributed by atoms with Gasteiger partial charge in [0.25, 0.3) is 5.91 Å². The summed E-state index contributed by atoms with van der Waals surface area (Å²) in [5.41, 5.74) is 2.66. The van der Waals surface area contributed by atoms with Gasteiger partial charge in [-0.25, -0.2) is 9.78 Å². The molecule has 8 nitrogen and oxygen atoms in total. The summed E-state index contributed by atoms with van der Waals surface area (Å²) in [5.74, 6) is -0.317. The molecule has 1 aliphatic heterocycles. The van der Waals surface area contributed by atoms with Crippen LogP contribution in [0.2, 0.25) is 0 Å². The first-order valence-corrected chi connectivity index (χ1v) is 10.8. The maximum atomic E-state index is 12.6. The molecule has 1 saturated heterocycles. The van der Waals surface area contributed by atoms with Crippen molar-refractivity contribution in [1.29, 1.82) is 0 Å². The number of amides is 1. The minimum Gasteiger partial charge on any atom is -0.452 e. The third kappa shape index (κ3) is 6.14. The molecule has 8 heteroatoms. The number of hydrogen-bond acceptors (Lipinski definition) is 7. The van der Waals surface area contributed by atoms with Crippen molar-refractivity contribution in [3.05, 3.63) is 83.8 Å². The van der Waals surface area contributed by atoms with Crippen LogP contribution in [0.4, 0.5) is 0 Å². The van der Waals surface area contributed by atoms with Gasteiger partial charge in [-0.2, -0.15) is 0 Å². The zero-order valence-electron chi connectivity index (χ0n) is 18.5. The molecule has 0 atom stereocenters. The van der Waals surface area contributed by atoms with E-state index in [9.17, 15) is 9.59 Å². The van der Waals surface area contributed by atoms with Crippen LogP contribution in [0.1, 0.15) is 21.5 Å². The molecule has 2 aromatic heterocycles. The fraction of sp³-hybridized carbons (Fsp3) is 0.280. The molecule has 1 amide bonds. The fourth-order valence-corrected chi connectivity index (χ4v) is 3.67. The van der Waals surface area contributed by atoms with E-state index < -0.39 is 5.97 Å². The van der Waals surface area contributed by atoms with Crippen molar-refractivity contribution in [2.24, 2.45) is 0 Å². The van der Waals surface area contributed by atoms with Crippen molar-refractivity contribution >= 4 is 11.9 Å². The molecule has 0 unspecified atom stereocenters. The van der Waals surface area contributed by atoms with Crippen molar-refractivity contribution < 1.29 is 19.1 Å². The summed E-state index contributed by atoms with van der Waals surface area (Å²) in [5, 5.41) is 0. The Morgan fingerprint density at radius 3 is 2.58 bits per heavy atom. The van der Waals surface area contributed by atoms with Crippen LogP contribution in [-0.4, -0.2) is 64.4 Å². The predicted molar refractivity (Wildman–Crippen MR) is 122 cm³/mol. The molecule has 1 aromatic carbocycles. The molecule has 170 valence electrons. The van der Waals surface area contributed by atoms with Gasteiger partial charge in [0.1, 0.15) is 11.3 Å². The number of esters is 1. The van der Waals surface area contributed by atoms with Gasteiger partial charge in [-0.15, -0.1) is 0 Å². The Labute approximate surface area is 192 Å². The third-order valence-corrected chi connectivity index (χ3v) is 5.38. The van der Waals surface area contributed by atoms with Gasteiger partial charge in [-0.3, -0.25) is 14.7 Å². The number of aryl methyl sites for hydroxylation is 1. The molecular weight excluding hydrogens is 420 g/mol. The van der Waals surface area contributed by atoms with Crippen molar-refractivity contribution in [3.63, 3.8) is 0 Å². The van der Waals surface area contributed by atoms with Gasteiger partial charge in [-0.1, -0.05) is 29.8 Å². The molecule has 0 aliphatic carbocycles.